The number of carbonyl (C=O) groups is 1. The lowest BCUT2D eigenvalue weighted by atomic mass is 10.0. The Morgan fingerprint density at radius 3 is 2.64 bits per heavy atom. The number of benzene rings is 1. The first-order valence-corrected chi connectivity index (χ1v) is 6.64. The monoisotopic (exact) mass is 330 g/mol. The van der Waals surface area contributed by atoms with Gasteiger partial charge < -0.3 is 9.84 Å². The van der Waals surface area contributed by atoms with Gasteiger partial charge in [-0.25, -0.2) is 9.18 Å². The van der Waals surface area contributed by atoms with E-state index in [-0.39, 0.29) is 10.6 Å². The summed E-state index contributed by atoms with van der Waals surface area (Å²) in [6.07, 6.45) is -0.955. The fraction of sp³-hybridized carbons (Fsp3) is 0.462. The van der Waals surface area contributed by atoms with Crippen molar-refractivity contribution < 1.29 is 19.0 Å². The van der Waals surface area contributed by atoms with Crippen LogP contribution in [0, 0.1) is 5.82 Å². The van der Waals surface area contributed by atoms with Crippen LogP contribution in [0.25, 0.3) is 10.4 Å². The molecule has 120 valence electrons. The van der Waals surface area contributed by atoms with Crippen molar-refractivity contribution in [3.05, 3.63) is 45.0 Å². The Morgan fingerprint density at radius 2 is 2.14 bits per heavy atom. The Kier molecular flexibility index (Phi) is 5.59. The predicted molar refractivity (Wildman–Crippen MR) is 78.7 cm³/mol. The Balaban J connectivity index is 3.13. The lowest BCUT2D eigenvalue weighted by molar-refractivity contribution is -0.0118. The van der Waals surface area contributed by atoms with Crippen LogP contribution in [0.5, 0.6) is 0 Å². The average Bonchev–Trinajstić information content (AvgIpc) is 2.32. The van der Waals surface area contributed by atoms with Gasteiger partial charge in [-0.05, 0) is 44.5 Å². The minimum atomic E-state index is -2.15. The third kappa shape index (κ3) is 5.40. The van der Waals surface area contributed by atoms with Crippen LogP contribution in [0.3, 0.4) is 0 Å². The summed E-state index contributed by atoms with van der Waals surface area (Å²) in [6.45, 7) is 4.34. The number of nitrogens with one attached hydrogen (secondary N) is 1. The van der Waals surface area contributed by atoms with Crippen LogP contribution in [0.2, 0.25) is 5.02 Å². The van der Waals surface area contributed by atoms with Crippen molar-refractivity contribution in [2.75, 3.05) is 6.54 Å². The summed E-state index contributed by atoms with van der Waals surface area (Å²) in [7, 11) is 0. The van der Waals surface area contributed by atoms with Crippen LogP contribution < -0.4 is 5.32 Å². The quantitative estimate of drug-likeness (QED) is 0.382. The molecular formula is C13H16ClFN4O3. The molecule has 1 aromatic carbocycles. The average molecular weight is 331 g/mol. The lowest BCUT2D eigenvalue weighted by Crippen LogP contribution is -2.49. The van der Waals surface area contributed by atoms with Crippen molar-refractivity contribution in [3.8, 4) is 0 Å². The molecule has 1 unspecified atom stereocenters. The number of ether oxygens (including phenoxy) is 1. The van der Waals surface area contributed by atoms with E-state index in [9.17, 15) is 14.3 Å². The summed E-state index contributed by atoms with van der Waals surface area (Å²) in [5.74, 6) is -0.715. The number of nitrogens with zero attached hydrogens (tertiary/aromatic N) is 3. The van der Waals surface area contributed by atoms with E-state index >= 15 is 0 Å². The number of amides is 1. The van der Waals surface area contributed by atoms with Gasteiger partial charge in [0.15, 0.2) is 5.72 Å². The van der Waals surface area contributed by atoms with Crippen molar-refractivity contribution in [2.24, 2.45) is 5.11 Å². The molecule has 0 spiro atoms. The third-order valence-corrected chi connectivity index (χ3v) is 2.63. The van der Waals surface area contributed by atoms with E-state index < -0.39 is 29.8 Å². The molecule has 1 aromatic rings. The van der Waals surface area contributed by atoms with E-state index in [1.54, 1.807) is 20.8 Å². The van der Waals surface area contributed by atoms with Gasteiger partial charge in [0, 0.05) is 15.5 Å². The number of azide groups is 1. The summed E-state index contributed by atoms with van der Waals surface area (Å²) < 4.78 is 18.5. The van der Waals surface area contributed by atoms with Gasteiger partial charge in [-0.3, -0.25) is 5.32 Å². The Hall–Kier alpha value is -2.02. The zero-order chi connectivity index (χ0) is 17.0. The van der Waals surface area contributed by atoms with E-state index in [2.05, 4.69) is 15.3 Å². The molecule has 0 aliphatic rings. The molecule has 0 saturated heterocycles. The van der Waals surface area contributed by atoms with Crippen LogP contribution >= 0.6 is 11.6 Å². The second kappa shape index (κ2) is 6.83. The molecule has 0 radical (unpaired) electrons. The standard InChI is InChI=1S/C13H16ClFN4O3/c1-12(2,3)22-11(20)18-13(21,7-17-19-16)8-4-9(14)6-10(15)5-8/h4-6,21H,7H2,1-3H3,(H,18,20). The van der Waals surface area contributed by atoms with Crippen LogP contribution in [-0.2, 0) is 10.5 Å². The molecule has 22 heavy (non-hydrogen) atoms. The number of hydrogen-bond donors (Lipinski definition) is 2. The fourth-order valence-electron chi connectivity index (χ4n) is 1.60. The summed E-state index contributed by atoms with van der Waals surface area (Å²) >= 11 is 5.73. The molecule has 9 heteroatoms. The summed E-state index contributed by atoms with van der Waals surface area (Å²) in [6, 6.07) is 3.25. The topological polar surface area (TPSA) is 107 Å². The predicted octanol–water partition coefficient (Wildman–Crippen LogP) is 3.46. The molecule has 0 fully saturated rings. The summed E-state index contributed by atoms with van der Waals surface area (Å²) in [5, 5.41) is 15.9. The van der Waals surface area contributed by atoms with Crippen molar-refractivity contribution in [1.82, 2.24) is 5.32 Å². The van der Waals surface area contributed by atoms with Crippen molar-refractivity contribution in [1.29, 1.82) is 0 Å². The van der Waals surface area contributed by atoms with Gasteiger partial charge in [0.25, 0.3) is 0 Å². The zero-order valence-electron chi connectivity index (χ0n) is 12.3. The summed E-state index contributed by atoms with van der Waals surface area (Å²) in [4.78, 5) is 14.3. The molecule has 1 amide bonds. The highest BCUT2D eigenvalue weighted by Crippen LogP contribution is 2.24. The Labute approximate surface area is 131 Å². The van der Waals surface area contributed by atoms with E-state index in [4.69, 9.17) is 21.9 Å². The maximum absolute atomic E-state index is 13.4. The molecule has 1 rings (SSSR count). The van der Waals surface area contributed by atoms with E-state index in [0.29, 0.717) is 0 Å². The molecular weight excluding hydrogens is 315 g/mol. The molecule has 0 aliphatic heterocycles. The van der Waals surface area contributed by atoms with Gasteiger partial charge >= 0.3 is 6.09 Å². The maximum atomic E-state index is 13.4. The number of aliphatic hydroxyl groups is 1. The maximum Gasteiger partial charge on any atom is 0.410 e. The number of alkyl carbamates (subject to hydrolysis) is 1. The Bertz CT molecular complexity index is 594. The van der Waals surface area contributed by atoms with Crippen LogP contribution in [0.1, 0.15) is 26.3 Å². The minimum absolute atomic E-state index is 0.0142. The number of halogens is 2. The number of rotatable bonds is 4. The summed E-state index contributed by atoms with van der Waals surface area (Å²) in [5.41, 5.74) is 5.38. The highest BCUT2D eigenvalue weighted by atomic mass is 35.5. The first-order chi connectivity index (χ1) is 10.1. The third-order valence-electron chi connectivity index (χ3n) is 2.41. The van der Waals surface area contributed by atoms with Gasteiger partial charge in [-0.15, -0.1) is 0 Å². The minimum Gasteiger partial charge on any atom is -0.444 e. The van der Waals surface area contributed by atoms with E-state index in [1.807, 2.05) is 0 Å². The van der Waals surface area contributed by atoms with E-state index in [0.717, 1.165) is 12.1 Å². The van der Waals surface area contributed by atoms with Gasteiger partial charge in [-0.2, -0.15) is 0 Å². The second-order valence-electron chi connectivity index (χ2n) is 5.53. The van der Waals surface area contributed by atoms with Crippen LogP contribution in [-0.4, -0.2) is 23.3 Å². The zero-order valence-corrected chi connectivity index (χ0v) is 13.1. The van der Waals surface area contributed by atoms with E-state index in [1.165, 1.54) is 6.07 Å². The smallest absolute Gasteiger partial charge is 0.410 e. The molecule has 0 bridgehead atoms. The normalized spacial score (nSPS) is 13.7. The van der Waals surface area contributed by atoms with Gasteiger partial charge in [0.05, 0.1) is 6.54 Å². The first kappa shape index (κ1) is 18.0. The number of carbonyl (C=O) groups excluding carboxylic acids is 1. The van der Waals surface area contributed by atoms with Gasteiger partial charge in [0.2, 0.25) is 0 Å². The van der Waals surface area contributed by atoms with Crippen LogP contribution in [0.15, 0.2) is 23.3 Å². The molecule has 0 heterocycles. The van der Waals surface area contributed by atoms with Crippen LogP contribution in [0.4, 0.5) is 9.18 Å². The number of hydrogen-bond acceptors (Lipinski definition) is 4. The largest absolute Gasteiger partial charge is 0.444 e. The van der Waals surface area contributed by atoms with Gasteiger partial charge in [0.1, 0.15) is 11.4 Å². The molecule has 0 aromatic heterocycles. The van der Waals surface area contributed by atoms with Crippen molar-refractivity contribution in [2.45, 2.75) is 32.1 Å². The highest BCUT2D eigenvalue weighted by molar-refractivity contribution is 6.30. The molecule has 2 N–H and O–H groups in total. The lowest BCUT2D eigenvalue weighted by Gasteiger charge is -2.30. The van der Waals surface area contributed by atoms with Crippen molar-refractivity contribution >= 4 is 17.7 Å². The Morgan fingerprint density at radius 1 is 1.50 bits per heavy atom. The second-order valence-corrected chi connectivity index (χ2v) is 5.97. The highest BCUT2D eigenvalue weighted by Gasteiger charge is 2.33. The van der Waals surface area contributed by atoms with Crippen molar-refractivity contribution in [3.63, 3.8) is 0 Å². The molecule has 0 aliphatic carbocycles. The molecule has 0 saturated carbocycles. The van der Waals surface area contributed by atoms with Gasteiger partial charge in [-0.1, -0.05) is 16.7 Å². The SMILES string of the molecule is CC(C)(C)OC(=O)NC(O)(CN=[N+]=[N-])c1cc(F)cc(Cl)c1. The fourth-order valence-corrected chi connectivity index (χ4v) is 1.82. The molecule has 1 atom stereocenters. The first-order valence-electron chi connectivity index (χ1n) is 6.27. The molecule has 7 nitrogen and oxygen atoms in total.